The van der Waals surface area contributed by atoms with Gasteiger partial charge in [-0.05, 0) is 31.4 Å². The van der Waals surface area contributed by atoms with Crippen LogP contribution in [-0.2, 0) is 9.53 Å². The Balaban J connectivity index is 2.39. The third-order valence-electron chi connectivity index (χ3n) is 3.99. The van der Waals surface area contributed by atoms with Crippen LogP contribution < -0.4 is 10.6 Å². The number of methoxy groups -OCH3 is 1. The van der Waals surface area contributed by atoms with Crippen LogP contribution in [0.3, 0.4) is 0 Å². The summed E-state index contributed by atoms with van der Waals surface area (Å²) in [6, 6.07) is 1.83. The van der Waals surface area contributed by atoms with Gasteiger partial charge in [-0.2, -0.15) is 0 Å². The Morgan fingerprint density at radius 3 is 2.62 bits per heavy atom. The SMILES string of the molecule is COC(=O)C1CN(c2nc(C)cc(C)c2C(N)=O)CC1C. The van der Waals surface area contributed by atoms with Crippen molar-refractivity contribution in [3.8, 4) is 0 Å². The fourth-order valence-corrected chi connectivity index (χ4v) is 2.95. The van der Waals surface area contributed by atoms with Crippen molar-refractivity contribution in [2.45, 2.75) is 20.8 Å². The standard InChI is InChI=1S/C15H21N3O3/c1-8-5-10(3)17-14(12(8)13(16)19)18-6-9(2)11(7-18)15(20)21-4/h5,9,11H,6-7H2,1-4H3,(H2,16,19). The average molecular weight is 291 g/mol. The molecular formula is C15H21N3O3. The Labute approximate surface area is 124 Å². The Morgan fingerprint density at radius 2 is 2.05 bits per heavy atom. The minimum atomic E-state index is -0.496. The van der Waals surface area contributed by atoms with Gasteiger partial charge in [-0.25, -0.2) is 4.98 Å². The molecule has 0 saturated carbocycles. The zero-order valence-corrected chi connectivity index (χ0v) is 12.8. The first-order valence-corrected chi connectivity index (χ1v) is 6.96. The van der Waals surface area contributed by atoms with Crippen molar-refractivity contribution in [3.05, 3.63) is 22.9 Å². The van der Waals surface area contributed by atoms with E-state index in [1.165, 1.54) is 7.11 Å². The first-order chi connectivity index (χ1) is 9.85. The Hall–Kier alpha value is -2.11. The van der Waals surface area contributed by atoms with E-state index in [4.69, 9.17) is 10.5 Å². The quantitative estimate of drug-likeness (QED) is 0.841. The third-order valence-corrected chi connectivity index (χ3v) is 3.99. The predicted octanol–water partition coefficient (Wildman–Crippen LogP) is 1.04. The van der Waals surface area contributed by atoms with E-state index in [0.29, 0.717) is 24.5 Å². The number of hydrogen-bond donors (Lipinski definition) is 1. The third kappa shape index (κ3) is 2.84. The second kappa shape index (κ2) is 5.71. The fourth-order valence-electron chi connectivity index (χ4n) is 2.95. The molecule has 0 aromatic carbocycles. The number of rotatable bonds is 3. The van der Waals surface area contributed by atoms with E-state index in [1.807, 2.05) is 31.7 Å². The fraction of sp³-hybridized carbons (Fsp3) is 0.533. The van der Waals surface area contributed by atoms with E-state index in [0.717, 1.165) is 11.3 Å². The molecule has 1 aliphatic rings. The molecule has 1 fully saturated rings. The van der Waals surface area contributed by atoms with Gasteiger partial charge < -0.3 is 15.4 Å². The van der Waals surface area contributed by atoms with Crippen LogP contribution in [0.15, 0.2) is 6.07 Å². The summed E-state index contributed by atoms with van der Waals surface area (Å²) in [6.07, 6.45) is 0. The smallest absolute Gasteiger partial charge is 0.310 e. The maximum absolute atomic E-state index is 11.8. The Bertz CT molecular complexity index is 586. The molecule has 0 radical (unpaired) electrons. The molecule has 1 amide bonds. The van der Waals surface area contributed by atoms with Crippen LogP contribution in [0.2, 0.25) is 0 Å². The highest BCUT2D eigenvalue weighted by Crippen LogP contribution is 2.31. The summed E-state index contributed by atoms with van der Waals surface area (Å²) < 4.78 is 4.84. The number of anilines is 1. The number of carbonyl (C=O) groups excluding carboxylic acids is 2. The molecule has 2 unspecified atom stereocenters. The van der Waals surface area contributed by atoms with Crippen molar-refractivity contribution >= 4 is 17.7 Å². The summed E-state index contributed by atoms with van der Waals surface area (Å²) >= 11 is 0. The van der Waals surface area contributed by atoms with Crippen LogP contribution in [-0.4, -0.2) is 37.1 Å². The molecule has 114 valence electrons. The first-order valence-electron chi connectivity index (χ1n) is 6.96. The number of nitrogens with zero attached hydrogens (tertiary/aromatic N) is 2. The number of pyridine rings is 1. The summed E-state index contributed by atoms with van der Waals surface area (Å²) in [5.41, 5.74) is 7.55. The van der Waals surface area contributed by atoms with Gasteiger partial charge in [0.1, 0.15) is 5.82 Å². The van der Waals surface area contributed by atoms with Crippen molar-refractivity contribution in [3.63, 3.8) is 0 Å². The molecule has 0 bridgehead atoms. The van der Waals surface area contributed by atoms with E-state index < -0.39 is 5.91 Å². The molecule has 2 N–H and O–H groups in total. The maximum Gasteiger partial charge on any atom is 0.310 e. The number of nitrogens with two attached hydrogens (primary N) is 1. The van der Waals surface area contributed by atoms with Crippen molar-refractivity contribution in [2.24, 2.45) is 17.6 Å². The lowest BCUT2D eigenvalue weighted by molar-refractivity contribution is -0.145. The van der Waals surface area contributed by atoms with Gasteiger partial charge in [-0.1, -0.05) is 6.92 Å². The summed E-state index contributed by atoms with van der Waals surface area (Å²) in [6.45, 7) is 6.85. The molecule has 6 nitrogen and oxygen atoms in total. The summed E-state index contributed by atoms with van der Waals surface area (Å²) in [4.78, 5) is 29.9. The van der Waals surface area contributed by atoms with Gasteiger partial charge in [0.05, 0.1) is 18.6 Å². The molecule has 2 rings (SSSR count). The lowest BCUT2D eigenvalue weighted by Crippen LogP contribution is -2.28. The van der Waals surface area contributed by atoms with E-state index in [1.54, 1.807) is 0 Å². The minimum absolute atomic E-state index is 0.140. The van der Waals surface area contributed by atoms with E-state index >= 15 is 0 Å². The monoisotopic (exact) mass is 291 g/mol. The average Bonchev–Trinajstić information content (AvgIpc) is 2.78. The molecule has 2 atom stereocenters. The van der Waals surface area contributed by atoms with E-state index in [2.05, 4.69) is 4.98 Å². The van der Waals surface area contributed by atoms with Gasteiger partial charge >= 0.3 is 5.97 Å². The Morgan fingerprint density at radius 1 is 1.38 bits per heavy atom. The molecule has 21 heavy (non-hydrogen) atoms. The molecule has 2 heterocycles. The first kappa shape index (κ1) is 15.3. The highest BCUT2D eigenvalue weighted by molar-refractivity contribution is 5.99. The van der Waals surface area contributed by atoms with Crippen molar-refractivity contribution in [1.29, 1.82) is 0 Å². The highest BCUT2D eigenvalue weighted by atomic mass is 16.5. The molecule has 0 aliphatic carbocycles. The van der Waals surface area contributed by atoms with Crippen LogP contribution in [0.4, 0.5) is 5.82 Å². The number of primary amides is 1. The normalized spacial score (nSPS) is 21.4. The number of aromatic nitrogens is 1. The van der Waals surface area contributed by atoms with E-state index in [9.17, 15) is 9.59 Å². The van der Waals surface area contributed by atoms with Crippen LogP contribution in [0.1, 0.15) is 28.5 Å². The maximum atomic E-state index is 11.8. The van der Waals surface area contributed by atoms with Crippen LogP contribution in [0.5, 0.6) is 0 Å². The molecule has 1 saturated heterocycles. The zero-order chi connectivity index (χ0) is 15.7. The van der Waals surface area contributed by atoms with E-state index in [-0.39, 0.29) is 17.8 Å². The largest absolute Gasteiger partial charge is 0.469 e. The summed E-state index contributed by atoms with van der Waals surface area (Å²) in [7, 11) is 1.39. The minimum Gasteiger partial charge on any atom is -0.469 e. The van der Waals surface area contributed by atoms with Gasteiger partial charge in [0.15, 0.2) is 0 Å². The van der Waals surface area contributed by atoms with Crippen molar-refractivity contribution in [1.82, 2.24) is 4.98 Å². The molecule has 6 heteroatoms. The molecule has 0 spiro atoms. The van der Waals surface area contributed by atoms with Crippen molar-refractivity contribution < 1.29 is 14.3 Å². The number of carbonyl (C=O) groups is 2. The topological polar surface area (TPSA) is 85.5 Å². The summed E-state index contributed by atoms with van der Waals surface area (Å²) in [5.74, 6) is -0.225. The lowest BCUT2D eigenvalue weighted by Gasteiger charge is -2.21. The number of ether oxygens (including phenoxy) is 1. The van der Waals surface area contributed by atoms with Crippen LogP contribution in [0, 0.1) is 25.7 Å². The Kier molecular flexibility index (Phi) is 4.16. The second-order valence-electron chi connectivity index (χ2n) is 5.66. The second-order valence-corrected chi connectivity index (χ2v) is 5.66. The molecule has 1 aliphatic heterocycles. The van der Waals surface area contributed by atoms with Gasteiger partial charge in [0.2, 0.25) is 0 Å². The van der Waals surface area contributed by atoms with Gasteiger partial charge in [-0.15, -0.1) is 0 Å². The zero-order valence-electron chi connectivity index (χ0n) is 12.8. The van der Waals surface area contributed by atoms with Crippen LogP contribution >= 0.6 is 0 Å². The number of esters is 1. The number of amides is 1. The lowest BCUT2D eigenvalue weighted by atomic mass is 9.99. The van der Waals surface area contributed by atoms with Crippen LogP contribution in [0.25, 0.3) is 0 Å². The van der Waals surface area contributed by atoms with Crippen molar-refractivity contribution in [2.75, 3.05) is 25.1 Å². The number of hydrogen-bond acceptors (Lipinski definition) is 5. The summed E-state index contributed by atoms with van der Waals surface area (Å²) in [5, 5.41) is 0. The molecule has 1 aromatic heterocycles. The van der Waals surface area contributed by atoms with Gasteiger partial charge in [-0.3, -0.25) is 9.59 Å². The molecular weight excluding hydrogens is 270 g/mol. The van der Waals surface area contributed by atoms with Gasteiger partial charge in [0.25, 0.3) is 5.91 Å². The number of aryl methyl sites for hydroxylation is 2. The highest BCUT2D eigenvalue weighted by Gasteiger charge is 2.37. The molecule has 1 aromatic rings. The predicted molar refractivity (Wildman–Crippen MR) is 79.1 cm³/mol. The van der Waals surface area contributed by atoms with Gasteiger partial charge in [0, 0.05) is 18.8 Å².